The Morgan fingerprint density at radius 2 is 2.11 bits per heavy atom. The Kier molecular flexibility index (Phi) is 2.37. The lowest BCUT2D eigenvalue weighted by Gasteiger charge is -2.00. The highest BCUT2D eigenvalue weighted by Crippen LogP contribution is 2.30. The van der Waals surface area contributed by atoms with Crippen molar-refractivity contribution in [2.75, 3.05) is 12.8 Å². The molecule has 0 saturated carbocycles. The Morgan fingerprint density at radius 1 is 1.22 bits per heavy atom. The number of ether oxygens (including phenoxy) is 1. The minimum atomic E-state index is 0.415. The van der Waals surface area contributed by atoms with E-state index in [0.29, 0.717) is 17.3 Å². The van der Waals surface area contributed by atoms with Gasteiger partial charge in [-0.15, -0.1) is 0 Å². The molecule has 2 heterocycles. The number of aromatic nitrogens is 2. The van der Waals surface area contributed by atoms with Gasteiger partial charge in [0.1, 0.15) is 23.7 Å². The molecule has 0 unspecified atom stereocenters. The van der Waals surface area contributed by atoms with Gasteiger partial charge in [-0.05, 0) is 18.2 Å². The lowest BCUT2D eigenvalue weighted by Crippen LogP contribution is -1.89. The second-order valence-corrected chi connectivity index (χ2v) is 3.82. The van der Waals surface area contributed by atoms with Gasteiger partial charge in [0, 0.05) is 5.56 Å². The Balaban J connectivity index is 2.16. The van der Waals surface area contributed by atoms with Crippen LogP contribution in [0.2, 0.25) is 0 Å². The molecule has 2 N–H and O–H groups in total. The fourth-order valence-corrected chi connectivity index (χ4v) is 1.79. The molecule has 5 nitrogen and oxygen atoms in total. The zero-order chi connectivity index (χ0) is 12.5. The maximum Gasteiger partial charge on any atom is 0.231 e. The van der Waals surface area contributed by atoms with Crippen LogP contribution in [-0.2, 0) is 0 Å². The zero-order valence-electron chi connectivity index (χ0n) is 9.75. The Bertz CT molecular complexity index is 706. The van der Waals surface area contributed by atoms with Gasteiger partial charge in [-0.3, -0.25) is 0 Å². The van der Waals surface area contributed by atoms with Crippen LogP contribution in [0.15, 0.2) is 41.1 Å². The lowest BCUT2D eigenvalue weighted by atomic mass is 10.1. The van der Waals surface area contributed by atoms with Crippen LogP contribution in [-0.4, -0.2) is 17.1 Å². The first-order valence-corrected chi connectivity index (χ1v) is 5.42. The van der Waals surface area contributed by atoms with Crippen molar-refractivity contribution in [3.8, 4) is 17.1 Å². The van der Waals surface area contributed by atoms with Crippen LogP contribution >= 0.6 is 0 Å². The summed E-state index contributed by atoms with van der Waals surface area (Å²) in [6.07, 6.45) is 1.39. The van der Waals surface area contributed by atoms with Gasteiger partial charge < -0.3 is 14.9 Å². The van der Waals surface area contributed by atoms with Crippen molar-refractivity contribution in [2.24, 2.45) is 0 Å². The second-order valence-electron chi connectivity index (χ2n) is 3.82. The molecule has 3 aromatic rings. The van der Waals surface area contributed by atoms with E-state index in [-0.39, 0.29) is 0 Å². The molecule has 0 spiro atoms. The van der Waals surface area contributed by atoms with Gasteiger partial charge in [0.2, 0.25) is 5.71 Å². The third kappa shape index (κ3) is 1.66. The van der Waals surface area contributed by atoms with E-state index in [1.54, 1.807) is 7.11 Å². The van der Waals surface area contributed by atoms with Gasteiger partial charge in [0.05, 0.1) is 12.5 Å². The molecule has 0 aliphatic rings. The second kappa shape index (κ2) is 4.03. The molecular weight excluding hydrogens is 230 g/mol. The minimum Gasteiger partial charge on any atom is -0.497 e. The van der Waals surface area contributed by atoms with Crippen LogP contribution < -0.4 is 10.5 Å². The highest BCUT2D eigenvalue weighted by atomic mass is 16.5. The summed E-state index contributed by atoms with van der Waals surface area (Å²) in [6.45, 7) is 0. The van der Waals surface area contributed by atoms with E-state index >= 15 is 0 Å². The van der Waals surface area contributed by atoms with Gasteiger partial charge in [0.15, 0.2) is 0 Å². The van der Waals surface area contributed by atoms with Crippen LogP contribution in [0.3, 0.4) is 0 Å². The SMILES string of the molecule is COc1cccc(-c2cc3c(N)ncnc3o2)c1. The number of anilines is 1. The average Bonchev–Trinajstić information content (AvgIpc) is 2.84. The summed E-state index contributed by atoms with van der Waals surface area (Å²) in [5.41, 5.74) is 7.16. The monoisotopic (exact) mass is 241 g/mol. The van der Waals surface area contributed by atoms with Gasteiger partial charge in [-0.1, -0.05) is 12.1 Å². The number of fused-ring (bicyclic) bond motifs is 1. The first-order chi connectivity index (χ1) is 8.78. The third-order valence-corrected chi connectivity index (χ3v) is 2.71. The Morgan fingerprint density at radius 3 is 2.89 bits per heavy atom. The van der Waals surface area contributed by atoms with Crippen LogP contribution in [0.25, 0.3) is 22.4 Å². The van der Waals surface area contributed by atoms with E-state index < -0.39 is 0 Å². The first-order valence-electron chi connectivity index (χ1n) is 5.42. The molecule has 0 aliphatic carbocycles. The molecule has 1 aromatic carbocycles. The molecule has 18 heavy (non-hydrogen) atoms. The standard InChI is InChI=1S/C13H11N3O2/c1-17-9-4-2-3-8(5-9)11-6-10-12(14)15-7-16-13(10)18-11/h2-7H,1H3,(H2,14,15,16). The molecule has 0 bridgehead atoms. The van der Waals surface area contributed by atoms with Crippen LogP contribution in [0.5, 0.6) is 5.75 Å². The number of rotatable bonds is 2. The summed E-state index contributed by atoms with van der Waals surface area (Å²) in [7, 11) is 1.63. The summed E-state index contributed by atoms with van der Waals surface area (Å²) in [6, 6.07) is 9.43. The van der Waals surface area contributed by atoms with Crippen molar-refractivity contribution >= 4 is 16.9 Å². The molecule has 0 saturated heterocycles. The quantitative estimate of drug-likeness (QED) is 0.746. The lowest BCUT2D eigenvalue weighted by molar-refractivity contribution is 0.415. The van der Waals surface area contributed by atoms with Gasteiger partial charge in [-0.25, -0.2) is 9.97 Å². The van der Waals surface area contributed by atoms with E-state index in [1.807, 2.05) is 30.3 Å². The number of benzene rings is 1. The summed E-state index contributed by atoms with van der Waals surface area (Å²) < 4.78 is 10.8. The highest BCUT2D eigenvalue weighted by molar-refractivity contribution is 5.88. The maximum absolute atomic E-state index is 5.77. The van der Waals surface area contributed by atoms with E-state index in [1.165, 1.54) is 6.33 Å². The number of furan rings is 1. The summed E-state index contributed by atoms with van der Waals surface area (Å²) in [4.78, 5) is 7.97. The highest BCUT2D eigenvalue weighted by Gasteiger charge is 2.10. The normalized spacial score (nSPS) is 10.7. The van der Waals surface area contributed by atoms with Crippen LogP contribution in [0, 0.1) is 0 Å². The molecule has 0 radical (unpaired) electrons. The number of nitrogen functional groups attached to an aromatic ring is 1. The van der Waals surface area contributed by atoms with E-state index in [9.17, 15) is 0 Å². The smallest absolute Gasteiger partial charge is 0.231 e. The summed E-state index contributed by atoms with van der Waals surface area (Å²) in [5, 5.41) is 0.718. The molecule has 3 rings (SSSR count). The number of hydrogen-bond acceptors (Lipinski definition) is 5. The molecular formula is C13H11N3O2. The predicted octanol–water partition coefficient (Wildman–Crippen LogP) is 2.48. The van der Waals surface area contributed by atoms with Crippen molar-refractivity contribution in [1.82, 2.24) is 9.97 Å². The number of methoxy groups -OCH3 is 1. The molecule has 0 amide bonds. The predicted molar refractivity (Wildman–Crippen MR) is 68.2 cm³/mol. The number of nitrogens with zero attached hydrogens (tertiary/aromatic N) is 2. The van der Waals surface area contributed by atoms with Crippen LogP contribution in [0.4, 0.5) is 5.82 Å². The fraction of sp³-hybridized carbons (Fsp3) is 0.0769. The Labute approximate surface area is 103 Å². The number of hydrogen-bond donors (Lipinski definition) is 1. The molecule has 0 fully saturated rings. The molecule has 5 heteroatoms. The van der Waals surface area contributed by atoms with E-state index in [4.69, 9.17) is 14.9 Å². The van der Waals surface area contributed by atoms with Crippen molar-refractivity contribution in [1.29, 1.82) is 0 Å². The third-order valence-electron chi connectivity index (χ3n) is 2.71. The van der Waals surface area contributed by atoms with Gasteiger partial charge in [0.25, 0.3) is 0 Å². The molecule has 90 valence electrons. The largest absolute Gasteiger partial charge is 0.497 e. The fourth-order valence-electron chi connectivity index (χ4n) is 1.79. The minimum absolute atomic E-state index is 0.415. The van der Waals surface area contributed by atoms with Crippen molar-refractivity contribution in [2.45, 2.75) is 0 Å². The number of nitrogens with two attached hydrogens (primary N) is 1. The Hall–Kier alpha value is -2.56. The molecule has 2 aromatic heterocycles. The van der Waals surface area contributed by atoms with E-state index in [0.717, 1.165) is 16.7 Å². The summed E-state index contributed by atoms with van der Waals surface area (Å²) >= 11 is 0. The average molecular weight is 241 g/mol. The molecule has 0 atom stereocenters. The van der Waals surface area contributed by atoms with Gasteiger partial charge >= 0.3 is 0 Å². The van der Waals surface area contributed by atoms with E-state index in [2.05, 4.69) is 9.97 Å². The topological polar surface area (TPSA) is 74.2 Å². The van der Waals surface area contributed by atoms with Crippen molar-refractivity contribution in [3.05, 3.63) is 36.7 Å². The van der Waals surface area contributed by atoms with Crippen LogP contribution in [0.1, 0.15) is 0 Å². The molecule has 0 aliphatic heterocycles. The zero-order valence-corrected chi connectivity index (χ0v) is 9.75. The summed E-state index contributed by atoms with van der Waals surface area (Å²) in [5.74, 6) is 1.88. The van der Waals surface area contributed by atoms with Crippen molar-refractivity contribution < 1.29 is 9.15 Å². The first kappa shape index (κ1) is 10.6. The van der Waals surface area contributed by atoms with Crippen molar-refractivity contribution in [3.63, 3.8) is 0 Å². The van der Waals surface area contributed by atoms with Gasteiger partial charge in [-0.2, -0.15) is 0 Å². The maximum atomic E-state index is 5.77.